The predicted molar refractivity (Wildman–Crippen MR) is 70.3 cm³/mol. The molecule has 0 unspecified atom stereocenters. The second-order valence-corrected chi connectivity index (χ2v) is 7.76. The molecule has 1 N–H and O–H groups in total. The third-order valence-electron chi connectivity index (χ3n) is 3.17. The predicted octanol–water partition coefficient (Wildman–Crippen LogP) is 1.02. The molecular formula is C11H18N2O2S2. The fourth-order valence-corrected chi connectivity index (χ4v) is 3.65. The number of thiazole rings is 1. The van der Waals surface area contributed by atoms with E-state index in [9.17, 15) is 8.42 Å². The Morgan fingerprint density at radius 2 is 2.41 bits per heavy atom. The zero-order valence-corrected chi connectivity index (χ0v) is 11.6. The standard InChI is InChI=1S/C11H18N2O2S2/c1-2-17(14,15)6-5-12-9-3-4-10-11(7-9)16-8-13-10/h8-9,12H,2-7H2,1H3/t9-/m0/s1. The van der Waals surface area contributed by atoms with Crippen molar-refractivity contribution in [3.05, 3.63) is 16.1 Å². The van der Waals surface area contributed by atoms with Crippen molar-refractivity contribution < 1.29 is 8.42 Å². The highest BCUT2D eigenvalue weighted by molar-refractivity contribution is 7.91. The van der Waals surface area contributed by atoms with E-state index in [1.807, 2.05) is 5.51 Å². The van der Waals surface area contributed by atoms with Gasteiger partial charge in [0.15, 0.2) is 9.84 Å². The summed E-state index contributed by atoms with van der Waals surface area (Å²) in [6.45, 7) is 2.26. The van der Waals surface area contributed by atoms with E-state index in [1.165, 1.54) is 10.6 Å². The summed E-state index contributed by atoms with van der Waals surface area (Å²) < 4.78 is 22.7. The minimum absolute atomic E-state index is 0.234. The van der Waals surface area contributed by atoms with Gasteiger partial charge in [0.05, 0.1) is 17.0 Å². The Morgan fingerprint density at radius 3 is 3.18 bits per heavy atom. The molecule has 1 heterocycles. The van der Waals surface area contributed by atoms with Crippen molar-refractivity contribution >= 4 is 21.2 Å². The molecule has 0 spiro atoms. The molecule has 96 valence electrons. The maximum absolute atomic E-state index is 11.4. The maximum atomic E-state index is 11.4. The number of hydrogen-bond acceptors (Lipinski definition) is 5. The number of hydrogen-bond donors (Lipinski definition) is 1. The average molecular weight is 274 g/mol. The van der Waals surface area contributed by atoms with Crippen LogP contribution in [0.15, 0.2) is 5.51 Å². The van der Waals surface area contributed by atoms with Gasteiger partial charge < -0.3 is 5.32 Å². The molecule has 6 heteroatoms. The first-order valence-corrected chi connectivity index (χ1v) is 8.66. The zero-order valence-electron chi connectivity index (χ0n) is 9.98. The maximum Gasteiger partial charge on any atom is 0.151 e. The van der Waals surface area contributed by atoms with Gasteiger partial charge >= 0.3 is 0 Å². The van der Waals surface area contributed by atoms with Crippen LogP contribution in [0.1, 0.15) is 23.9 Å². The molecule has 1 aromatic rings. The molecular weight excluding hydrogens is 256 g/mol. The van der Waals surface area contributed by atoms with Gasteiger partial charge in [0.2, 0.25) is 0 Å². The summed E-state index contributed by atoms with van der Waals surface area (Å²) >= 11 is 1.70. The fraction of sp³-hybridized carbons (Fsp3) is 0.727. The fourth-order valence-electron chi connectivity index (χ4n) is 2.04. The summed E-state index contributed by atoms with van der Waals surface area (Å²) in [5, 5.41) is 3.34. The van der Waals surface area contributed by atoms with Crippen LogP contribution in [0.25, 0.3) is 0 Å². The van der Waals surface area contributed by atoms with Crippen molar-refractivity contribution in [2.75, 3.05) is 18.1 Å². The Hall–Kier alpha value is -0.460. The van der Waals surface area contributed by atoms with Crippen LogP contribution in [0.5, 0.6) is 0 Å². The quantitative estimate of drug-likeness (QED) is 0.871. The van der Waals surface area contributed by atoms with Gasteiger partial charge in [-0.15, -0.1) is 11.3 Å². The molecule has 0 amide bonds. The largest absolute Gasteiger partial charge is 0.313 e. The summed E-state index contributed by atoms with van der Waals surface area (Å²) in [5.41, 5.74) is 3.13. The van der Waals surface area contributed by atoms with Gasteiger partial charge in [0, 0.05) is 23.2 Å². The summed E-state index contributed by atoms with van der Waals surface area (Å²) in [6.07, 6.45) is 3.06. The number of rotatable bonds is 5. The molecule has 1 aliphatic rings. The third kappa shape index (κ3) is 3.50. The highest BCUT2D eigenvalue weighted by Crippen LogP contribution is 2.23. The minimum Gasteiger partial charge on any atom is -0.313 e. The molecule has 0 fully saturated rings. The minimum atomic E-state index is -2.84. The molecule has 1 aromatic heterocycles. The van der Waals surface area contributed by atoms with E-state index < -0.39 is 9.84 Å². The van der Waals surface area contributed by atoms with Crippen molar-refractivity contribution in [2.24, 2.45) is 0 Å². The number of nitrogens with zero attached hydrogens (tertiary/aromatic N) is 1. The molecule has 4 nitrogen and oxygen atoms in total. The monoisotopic (exact) mass is 274 g/mol. The molecule has 0 bridgehead atoms. The second kappa shape index (κ2) is 5.46. The number of fused-ring (bicyclic) bond motifs is 1. The first kappa shape index (κ1) is 13.0. The van der Waals surface area contributed by atoms with Crippen LogP contribution in [0, 0.1) is 0 Å². The van der Waals surface area contributed by atoms with Gasteiger partial charge in [0.1, 0.15) is 0 Å². The van der Waals surface area contributed by atoms with Crippen LogP contribution in [0.3, 0.4) is 0 Å². The Labute approximate surface area is 106 Å². The second-order valence-electron chi connectivity index (χ2n) is 4.35. The average Bonchev–Trinajstić information content (AvgIpc) is 2.76. The number of nitrogens with one attached hydrogen (secondary N) is 1. The topological polar surface area (TPSA) is 59.1 Å². The van der Waals surface area contributed by atoms with Gasteiger partial charge in [-0.2, -0.15) is 0 Å². The Morgan fingerprint density at radius 1 is 1.59 bits per heavy atom. The molecule has 0 aliphatic heterocycles. The molecule has 1 atom stereocenters. The van der Waals surface area contributed by atoms with E-state index in [1.54, 1.807) is 18.3 Å². The summed E-state index contributed by atoms with van der Waals surface area (Å²) in [7, 11) is -2.84. The Kier molecular flexibility index (Phi) is 4.17. The van der Waals surface area contributed by atoms with Crippen LogP contribution >= 0.6 is 11.3 Å². The lowest BCUT2D eigenvalue weighted by atomic mass is 9.98. The number of aryl methyl sites for hydroxylation is 1. The summed E-state index contributed by atoms with van der Waals surface area (Å²) in [6, 6.07) is 0.412. The Bertz CT molecular complexity index is 468. The number of aromatic nitrogens is 1. The molecule has 2 rings (SSSR count). The normalized spacial score (nSPS) is 20.2. The van der Waals surface area contributed by atoms with Crippen LogP contribution in [0.2, 0.25) is 0 Å². The van der Waals surface area contributed by atoms with E-state index in [-0.39, 0.29) is 11.5 Å². The summed E-state index contributed by atoms with van der Waals surface area (Å²) in [5.74, 6) is 0.480. The van der Waals surface area contributed by atoms with E-state index in [0.29, 0.717) is 12.6 Å². The Balaban J connectivity index is 1.79. The highest BCUT2D eigenvalue weighted by Gasteiger charge is 2.20. The van der Waals surface area contributed by atoms with Crippen LogP contribution in [-0.4, -0.2) is 37.5 Å². The van der Waals surface area contributed by atoms with Crippen molar-refractivity contribution in [2.45, 2.75) is 32.2 Å². The molecule has 0 saturated carbocycles. The smallest absolute Gasteiger partial charge is 0.151 e. The van der Waals surface area contributed by atoms with Gasteiger partial charge in [-0.05, 0) is 19.3 Å². The first-order valence-electron chi connectivity index (χ1n) is 5.96. The lowest BCUT2D eigenvalue weighted by Gasteiger charge is -2.22. The highest BCUT2D eigenvalue weighted by atomic mass is 32.2. The van der Waals surface area contributed by atoms with E-state index in [2.05, 4.69) is 10.3 Å². The SMILES string of the molecule is CCS(=O)(=O)CCN[C@H]1CCc2ncsc2C1. The third-order valence-corrected chi connectivity index (χ3v) is 5.78. The van der Waals surface area contributed by atoms with E-state index >= 15 is 0 Å². The van der Waals surface area contributed by atoms with Gasteiger partial charge in [-0.1, -0.05) is 6.92 Å². The lowest BCUT2D eigenvalue weighted by Crippen LogP contribution is -2.37. The van der Waals surface area contributed by atoms with Crippen molar-refractivity contribution in [3.63, 3.8) is 0 Å². The van der Waals surface area contributed by atoms with Gasteiger partial charge in [-0.25, -0.2) is 13.4 Å². The molecule has 17 heavy (non-hydrogen) atoms. The summed E-state index contributed by atoms with van der Waals surface area (Å²) in [4.78, 5) is 5.67. The van der Waals surface area contributed by atoms with Gasteiger partial charge in [0.25, 0.3) is 0 Å². The first-order chi connectivity index (χ1) is 8.11. The zero-order chi connectivity index (χ0) is 12.3. The van der Waals surface area contributed by atoms with Gasteiger partial charge in [-0.3, -0.25) is 0 Å². The molecule has 1 aliphatic carbocycles. The number of sulfone groups is 1. The van der Waals surface area contributed by atoms with Crippen LogP contribution in [0.4, 0.5) is 0 Å². The molecule has 0 aromatic carbocycles. The van der Waals surface area contributed by atoms with Crippen molar-refractivity contribution in [3.8, 4) is 0 Å². The van der Waals surface area contributed by atoms with E-state index in [4.69, 9.17) is 0 Å². The molecule has 0 radical (unpaired) electrons. The van der Waals surface area contributed by atoms with Crippen molar-refractivity contribution in [1.82, 2.24) is 10.3 Å². The van der Waals surface area contributed by atoms with Crippen molar-refractivity contribution in [1.29, 1.82) is 0 Å². The van der Waals surface area contributed by atoms with E-state index in [0.717, 1.165) is 19.3 Å². The van der Waals surface area contributed by atoms with Crippen LogP contribution in [-0.2, 0) is 22.7 Å². The van der Waals surface area contributed by atoms with Crippen LogP contribution < -0.4 is 5.32 Å². The lowest BCUT2D eigenvalue weighted by molar-refractivity contribution is 0.470. The molecule has 0 saturated heterocycles.